The van der Waals surface area contributed by atoms with Gasteiger partial charge in [-0.15, -0.1) is 5.10 Å². The minimum Gasteiger partial charge on any atom is -0.449 e. The molecule has 19 heavy (non-hydrogen) atoms. The summed E-state index contributed by atoms with van der Waals surface area (Å²) >= 11 is 0. The number of carbonyl (C=O) groups is 1. The van der Waals surface area contributed by atoms with Crippen LogP contribution in [0.3, 0.4) is 0 Å². The van der Waals surface area contributed by atoms with Gasteiger partial charge in [-0.25, -0.2) is 4.79 Å². The van der Waals surface area contributed by atoms with Crippen LogP contribution in [0, 0.1) is 4.91 Å². The molecule has 0 fully saturated rings. The molecule has 0 unspecified atom stereocenters. The molecule has 0 saturated heterocycles. The van der Waals surface area contributed by atoms with Crippen LogP contribution in [-0.4, -0.2) is 29.4 Å². The molecule has 2 aromatic rings. The highest BCUT2D eigenvalue weighted by molar-refractivity contribution is 5.78. The number of hydrazone groups is 1. The lowest BCUT2D eigenvalue weighted by Gasteiger charge is -1.99. The summed E-state index contributed by atoms with van der Waals surface area (Å²) in [4.78, 5) is 22.6. The number of hydrogen-bond acceptors (Lipinski definition) is 4. The topological polar surface area (TPSA) is 100 Å². The first-order valence-electron chi connectivity index (χ1n) is 5.32. The lowest BCUT2D eigenvalue weighted by molar-refractivity contribution is -0.506. The monoisotopic (exact) mass is 264 g/mol. The van der Waals surface area contributed by atoms with E-state index in [0.29, 0.717) is 15.5 Å². The van der Waals surface area contributed by atoms with Gasteiger partial charge >= 0.3 is 6.09 Å². The maximum atomic E-state index is 11.7. The highest BCUT2D eigenvalue weighted by Gasteiger charge is 2.15. The number of hydrazine groups is 1. The Morgan fingerprint density at radius 3 is 3.00 bits per heavy atom. The number of aromatic nitrogens is 2. The second-order valence-corrected chi connectivity index (χ2v) is 3.59. The van der Waals surface area contributed by atoms with Gasteiger partial charge in [0.2, 0.25) is 11.9 Å². The van der Waals surface area contributed by atoms with Gasteiger partial charge in [-0.05, 0) is 6.07 Å². The summed E-state index contributed by atoms with van der Waals surface area (Å²) in [6.45, 7) is 0. The molecule has 0 spiro atoms. The predicted molar refractivity (Wildman–Crippen MR) is 64.2 cm³/mol. The molecule has 0 saturated carbocycles. The van der Waals surface area contributed by atoms with Crippen LogP contribution in [0.4, 0.5) is 4.79 Å². The Labute approximate surface area is 107 Å². The maximum absolute atomic E-state index is 11.7. The molecule has 1 amide bonds. The molecule has 1 heterocycles. The highest BCUT2D eigenvalue weighted by atomic mass is 16.5. The minimum atomic E-state index is -0.698. The predicted octanol–water partition coefficient (Wildman–Crippen LogP) is -1.44. The number of rotatable bonds is 2. The molecule has 0 radical (unpaired) electrons. The van der Waals surface area contributed by atoms with Crippen LogP contribution in [0.5, 0.6) is 0 Å². The molecule has 8 nitrogen and oxygen atoms in total. The van der Waals surface area contributed by atoms with Gasteiger partial charge in [-0.2, -0.15) is 4.73 Å². The molecule has 1 aromatic carbocycles. The van der Waals surface area contributed by atoms with E-state index in [1.807, 2.05) is 0 Å². The van der Waals surface area contributed by atoms with E-state index >= 15 is 0 Å². The van der Waals surface area contributed by atoms with Gasteiger partial charge in [-0.3, -0.25) is 0 Å². The SMILES string of the molecule is COC(=O)N/[NH+]=C/c1c[n+](=O)c2ccccc2n1O. The maximum Gasteiger partial charge on any atom is 0.460 e. The average molecular weight is 264 g/mol. The number of fused-ring (bicyclic) bond motifs is 1. The lowest BCUT2D eigenvalue weighted by atomic mass is 10.3. The van der Waals surface area contributed by atoms with Crippen LogP contribution in [0.25, 0.3) is 11.0 Å². The summed E-state index contributed by atoms with van der Waals surface area (Å²) in [5, 5.41) is 12.3. The first-order valence-corrected chi connectivity index (χ1v) is 5.32. The van der Waals surface area contributed by atoms with E-state index in [1.54, 1.807) is 24.3 Å². The van der Waals surface area contributed by atoms with E-state index < -0.39 is 6.09 Å². The van der Waals surface area contributed by atoms with Crippen LogP contribution in [-0.2, 0) is 4.74 Å². The number of nitrogens with zero attached hydrogens (tertiary/aromatic N) is 2. The van der Waals surface area contributed by atoms with Crippen molar-refractivity contribution in [3.05, 3.63) is 41.1 Å². The zero-order valence-electron chi connectivity index (χ0n) is 10.0. The van der Waals surface area contributed by atoms with E-state index in [0.717, 1.165) is 10.9 Å². The molecule has 0 aliphatic carbocycles. The second-order valence-electron chi connectivity index (χ2n) is 3.59. The Bertz CT molecular complexity index is 707. The first kappa shape index (κ1) is 12.6. The Hall–Kier alpha value is -2.90. The fourth-order valence-electron chi connectivity index (χ4n) is 1.53. The molecular weight excluding hydrogens is 252 g/mol. The number of carbonyl (C=O) groups excluding carboxylic acids is 1. The van der Waals surface area contributed by atoms with Gasteiger partial charge in [0.05, 0.1) is 11.5 Å². The Morgan fingerprint density at radius 2 is 2.26 bits per heavy atom. The van der Waals surface area contributed by atoms with Crippen LogP contribution >= 0.6 is 0 Å². The third-order valence-electron chi connectivity index (χ3n) is 2.42. The van der Waals surface area contributed by atoms with E-state index in [4.69, 9.17) is 0 Å². The quantitative estimate of drug-likeness (QED) is 0.268. The Morgan fingerprint density at radius 1 is 1.53 bits per heavy atom. The average Bonchev–Trinajstić information content (AvgIpc) is 2.44. The van der Waals surface area contributed by atoms with Gasteiger partial charge in [0.15, 0.2) is 5.52 Å². The van der Waals surface area contributed by atoms with Crippen molar-refractivity contribution in [3.63, 3.8) is 0 Å². The summed E-state index contributed by atoms with van der Waals surface area (Å²) in [5.74, 6) is 0. The Balaban J connectivity index is 2.42. The number of nitrogens with one attached hydrogen (secondary N) is 2. The number of amides is 1. The summed E-state index contributed by atoms with van der Waals surface area (Å²) in [6, 6.07) is 6.56. The number of methoxy groups -OCH3 is 1. The van der Waals surface area contributed by atoms with Crippen molar-refractivity contribution in [1.82, 2.24) is 10.2 Å². The van der Waals surface area contributed by atoms with Crippen molar-refractivity contribution in [2.75, 3.05) is 7.11 Å². The number of hydrogen-bond donors (Lipinski definition) is 3. The summed E-state index contributed by atoms with van der Waals surface area (Å²) in [6.07, 6.45) is 1.71. The molecule has 98 valence electrons. The standard InChI is InChI=1S/C11H10N4O4/c1-19-11(16)13-12-6-8-7-14(17)9-4-2-3-5-10(9)15(8)18/h2-7,18H,1H3/p+2. The second kappa shape index (κ2) is 5.17. The smallest absolute Gasteiger partial charge is 0.449 e. The molecule has 3 N–H and O–H groups in total. The molecule has 1 aromatic heterocycles. The normalized spacial score (nSPS) is 10.8. The van der Waals surface area contributed by atoms with Crippen LogP contribution in [0.15, 0.2) is 30.5 Å². The number of para-hydroxylation sites is 2. The van der Waals surface area contributed by atoms with Crippen molar-refractivity contribution in [2.24, 2.45) is 0 Å². The van der Waals surface area contributed by atoms with E-state index in [9.17, 15) is 14.9 Å². The van der Waals surface area contributed by atoms with Gasteiger partial charge < -0.3 is 9.94 Å². The summed E-state index contributed by atoms with van der Waals surface area (Å²) in [5.41, 5.74) is 2.99. The van der Waals surface area contributed by atoms with Gasteiger partial charge in [0.1, 0.15) is 0 Å². The minimum absolute atomic E-state index is 0.158. The van der Waals surface area contributed by atoms with E-state index in [-0.39, 0.29) is 5.69 Å². The molecule has 2 rings (SSSR count). The first-order chi connectivity index (χ1) is 9.13. The van der Waals surface area contributed by atoms with Crippen molar-refractivity contribution < 1.29 is 24.3 Å². The third-order valence-corrected chi connectivity index (χ3v) is 2.42. The van der Waals surface area contributed by atoms with Gasteiger partial charge in [0.25, 0.3) is 11.7 Å². The van der Waals surface area contributed by atoms with Crippen molar-refractivity contribution in [3.8, 4) is 0 Å². The van der Waals surface area contributed by atoms with Gasteiger partial charge in [0, 0.05) is 11.0 Å². The zero-order valence-corrected chi connectivity index (χ0v) is 10.0. The summed E-state index contributed by atoms with van der Waals surface area (Å²) < 4.78 is 5.79. The number of ether oxygens (including phenoxy) is 1. The lowest BCUT2D eigenvalue weighted by Crippen LogP contribution is -2.81. The highest BCUT2D eigenvalue weighted by Crippen LogP contribution is 2.07. The zero-order chi connectivity index (χ0) is 13.8. The fraction of sp³-hybridized carbons (Fsp3) is 0.0909. The molecule has 0 bridgehead atoms. The number of benzene rings is 1. The summed E-state index contributed by atoms with van der Waals surface area (Å²) in [7, 11) is 1.21. The molecule has 8 heteroatoms. The van der Waals surface area contributed by atoms with Crippen molar-refractivity contribution in [1.29, 1.82) is 0 Å². The van der Waals surface area contributed by atoms with Crippen LogP contribution in [0.2, 0.25) is 0 Å². The third kappa shape index (κ3) is 2.51. The van der Waals surface area contributed by atoms with Crippen molar-refractivity contribution >= 4 is 23.3 Å². The van der Waals surface area contributed by atoms with Gasteiger partial charge in [-0.1, -0.05) is 17.6 Å². The molecular formula is C11H12N4O4+2. The fourth-order valence-corrected chi connectivity index (χ4v) is 1.53. The van der Waals surface area contributed by atoms with Crippen molar-refractivity contribution in [2.45, 2.75) is 0 Å². The van der Waals surface area contributed by atoms with Crippen LogP contribution in [0.1, 0.15) is 5.69 Å². The molecule has 0 aliphatic heterocycles. The molecule has 0 atom stereocenters. The van der Waals surface area contributed by atoms with E-state index in [2.05, 4.69) is 15.3 Å². The molecule has 0 aliphatic rings. The Kier molecular flexibility index (Phi) is 3.42. The van der Waals surface area contributed by atoms with Crippen LogP contribution < -0.4 is 15.0 Å². The largest absolute Gasteiger partial charge is 0.460 e. The van der Waals surface area contributed by atoms with E-state index in [1.165, 1.54) is 13.3 Å².